The molecule has 0 spiro atoms. The molecule has 1 atom stereocenters. The SMILES string of the molecule is CCCCc1ccc(OCC(N)CCC)cc1. The van der Waals surface area contributed by atoms with Gasteiger partial charge in [0.25, 0.3) is 0 Å². The predicted octanol–water partition coefficient (Wildman–Crippen LogP) is 3.54. The zero-order valence-corrected chi connectivity index (χ0v) is 11.1. The van der Waals surface area contributed by atoms with Gasteiger partial charge < -0.3 is 10.5 Å². The molecule has 0 aliphatic rings. The molecule has 0 bridgehead atoms. The summed E-state index contributed by atoms with van der Waals surface area (Å²) in [5.74, 6) is 0.928. The Balaban J connectivity index is 2.34. The van der Waals surface area contributed by atoms with Crippen LogP contribution in [0.15, 0.2) is 24.3 Å². The molecule has 1 aromatic carbocycles. The monoisotopic (exact) mass is 235 g/mol. The van der Waals surface area contributed by atoms with Crippen LogP contribution in [0.2, 0.25) is 0 Å². The highest BCUT2D eigenvalue weighted by atomic mass is 16.5. The van der Waals surface area contributed by atoms with E-state index in [-0.39, 0.29) is 6.04 Å². The molecular weight excluding hydrogens is 210 g/mol. The van der Waals surface area contributed by atoms with E-state index in [0.29, 0.717) is 6.61 Å². The summed E-state index contributed by atoms with van der Waals surface area (Å²) in [5.41, 5.74) is 7.29. The van der Waals surface area contributed by atoms with Crippen LogP contribution in [0.5, 0.6) is 5.75 Å². The Labute approximate surface area is 105 Å². The summed E-state index contributed by atoms with van der Waals surface area (Å²) >= 11 is 0. The first kappa shape index (κ1) is 14.0. The molecule has 0 saturated heterocycles. The molecule has 2 nitrogen and oxygen atoms in total. The predicted molar refractivity (Wildman–Crippen MR) is 73.4 cm³/mol. The molecule has 0 saturated carbocycles. The Bertz CT molecular complexity index is 294. The van der Waals surface area contributed by atoms with Gasteiger partial charge >= 0.3 is 0 Å². The summed E-state index contributed by atoms with van der Waals surface area (Å²) in [4.78, 5) is 0. The number of aryl methyl sites for hydroxylation is 1. The average molecular weight is 235 g/mol. The molecule has 0 amide bonds. The van der Waals surface area contributed by atoms with Crippen LogP contribution in [-0.2, 0) is 6.42 Å². The van der Waals surface area contributed by atoms with Crippen molar-refractivity contribution in [3.63, 3.8) is 0 Å². The van der Waals surface area contributed by atoms with E-state index in [0.717, 1.165) is 25.0 Å². The number of ether oxygens (including phenoxy) is 1. The largest absolute Gasteiger partial charge is 0.492 e. The van der Waals surface area contributed by atoms with Gasteiger partial charge in [-0.1, -0.05) is 38.8 Å². The molecule has 2 heteroatoms. The van der Waals surface area contributed by atoms with E-state index >= 15 is 0 Å². The summed E-state index contributed by atoms with van der Waals surface area (Å²) in [6.45, 7) is 4.97. The van der Waals surface area contributed by atoms with E-state index in [2.05, 4.69) is 26.0 Å². The second-order valence-corrected chi connectivity index (χ2v) is 4.61. The van der Waals surface area contributed by atoms with Crippen LogP contribution < -0.4 is 10.5 Å². The smallest absolute Gasteiger partial charge is 0.119 e. The second-order valence-electron chi connectivity index (χ2n) is 4.61. The van der Waals surface area contributed by atoms with Crippen molar-refractivity contribution in [3.05, 3.63) is 29.8 Å². The van der Waals surface area contributed by atoms with Crippen molar-refractivity contribution in [1.82, 2.24) is 0 Å². The molecule has 0 aromatic heterocycles. The Hall–Kier alpha value is -1.02. The normalized spacial score (nSPS) is 12.4. The fourth-order valence-corrected chi connectivity index (χ4v) is 1.79. The lowest BCUT2D eigenvalue weighted by atomic mass is 10.1. The summed E-state index contributed by atoms with van der Waals surface area (Å²) < 4.78 is 5.65. The molecule has 0 fully saturated rings. The molecule has 0 aliphatic heterocycles. The summed E-state index contributed by atoms with van der Waals surface area (Å²) in [5, 5.41) is 0. The number of hydrogen-bond acceptors (Lipinski definition) is 2. The van der Waals surface area contributed by atoms with Crippen molar-refractivity contribution in [3.8, 4) is 5.75 Å². The Morgan fingerprint density at radius 2 is 1.82 bits per heavy atom. The molecule has 1 unspecified atom stereocenters. The minimum Gasteiger partial charge on any atom is -0.492 e. The van der Waals surface area contributed by atoms with Crippen molar-refractivity contribution < 1.29 is 4.74 Å². The summed E-state index contributed by atoms with van der Waals surface area (Å²) in [6, 6.07) is 8.54. The van der Waals surface area contributed by atoms with E-state index in [4.69, 9.17) is 10.5 Å². The van der Waals surface area contributed by atoms with Crippen LogP contribution in [0.3, 0.4) is 0 Å². The van der Waals surface area contributed by atoms with Gasteiger partial charge in [0.2, 0.25) is 0 Å². The molecule has 2 N–H and O–H groups in total. The van der Waals surface area contributed by atoms with Gasteiger partial charge in [-0.25, -0.2) is 0 Å². The lowest BCUT2D eigenvalue weighted by Crippen LogP contribution is -2.27. The fraction of sp³-hybridized carbons (Fsp3) is 0.600. The maximum atomic E-state index is 5.90. The molecule has 0 radical (unpaired) electrons. The van der Waals surface area contributed by atoms with Gasteiger partial charge in [0, 0.05) is 6.04 Å². The van der Waals surface area contributed by atoms with E-state index in [9.17, 15) is 0 Å². The zero-order chi connectivity index (χ0) is 12.5. The molecule has 96 valence electrons. The summed E-state index contributed by atoms with van der Waals surface area (Å²) in [6.07, 6.45) is 5.78. The van der Waals surface area contributed by atoms with Gasteiger partial charge in [0.1, 0.15) is 12.4 Å². The third-order valence-electron chi connectivity index (χ3n) is 2.87. The Morgan fingerprint density at radius 1 is 1.12 bits per heavy atom. The second kappa shape index (κ2) is 8.13. The van der Waals surface area contributed by atoms with Crippen LogP contribution in [0.25, 0.3) is 0 Å². The van der Waals surface area contributed by atoms with Gasteiger partial charge in [-0.05, 0) is 37.0 Å². The zero-order valence-electron chi connectivity index (χ0n) is 11.1. The van der Waals surface area contributed by atoms with Crippen LogP contribution in [0, 0.1) is 0 Å². The number of benzene rings is 1. The lowest BCUT2D eigenvalue weighted by Gasteiger charge is -2.12. The van der Waals surface area contributed by atoms with Crippen LogP contribution in [-0.4, -0.2) is 12.6 Å². The van der Waals surface area contributed by atoms with Crippen LogP contribution >= 0.6 is 0 Å². The van der Waals surface area contributed by atoms with E-state index in [1.807, 2.05) is 12.1 Å². The minimum atomic E-state index is 0.153. The first-order chi connectivity index (χ1) is 8.26. The van der Waals surface area contributed by atoms with Crippen molar-refractivity contribution in [1.29, 1.82) is 0 Å². The van der Waals surface area contributed by atoms with Crippen molar-refractivity contribution in [2.45, 2.75) is 52.0 Å². The Morgan fingerprint density at radius 3 is 2.41 bits per heavy atom. The molecule has 0 heterocycles. The molecule has 0 aliphatic carbocycles. The number of hydrogen-bond donors (Lipinski definition) is 1. The Kier molecular flexibility index (Phi) is 6.71. The summed E-state index contributed by atoms with van der Waals surface area (Å²) in [7, 11) is 0. The first-order valence-corrected chi connectivity index (χ1v) is 6.73. The third-order valence-corrected chi connectivity index (χ3v) is 2.87. The lowest BCUT2D eigenvalue weighted by molar-refractivity contribution is 0.281. The molecular formula is C15H25NO. The average Bonchev–Trinajstić information content (AvgIpc) is 2.35. The molecule has 17 heavy (non-hydrogen) atoms. The minimum absolute atomic E-state index is 0.153. The van der Waals surface area contributed by atoms with Crippen molar-refractivity contribution in [2.75, 3.05) is 6.61 Å². The topological polar surface area (TPSA) is 35.2 Å². The maximum Gasteiger partial charge on any atom is 0.119 e. The van der Waals surface area contributed by atoms with Crippen molar-refractivity contribution >= 4 is 0 Å². The fourth-order valence-electron chi connectivity index (χ4n) is 1.79. The number of rotatable bonds is 8. The van der Waals surface area contributed by atoms with Crippen LogP contribution in [0.4, 0.5) is 0 Å². The quantitative estimate of drug-likeness (QED) is 0.748. The van der Waals surface area contributed by atoms with Gasteiger partial charge in [-0.15, -0.1) is 0 Å². The van der Waals surface area contributed by atoms with Gasteiger partial charge in [-0.2, -0.15) is 0 Å². The first-order valence-electron chi connectivity index (χ1n) is 6.73. The van der Waals surface area contributed by atoms with Gasteiger partial charge in [-0.3, -0.25) is 0 Å². The highest BCUT2D eigenvalue weighted by Gasteiger charge is 2.02. The van der Waals surface area contributed by atoms with E-state index in [1.165, 1.54) is 18.4 Å². The third kappa shape index (κ3) is 5.73. The van der Waals surface area contributed by atoms with Crippen LogP contribution in [0.1, 0.15) is 45.1 Å². The maximum absolute atomic E-state index is 5.90. The molecule has 1 aromatic rings. The standard InChI is InChI=1S/C15H25NO/c1-3-5-7-13-8-10-15(11-9-13)17-12-14(16)6-4-2/h8-11,14H,3-7,12,16H2,1-2H3. The van der Waals surface area contributed by atoms with E-state index < -0.39 is 0 Å². The number of unbranched alkanes of at least 4 members (excludes halogenated alkanes) is 1. The highest BCUT2D eigenvalue weighted by molar-refractivity contribution is 5.27. The van der Waals surface area contributed by atoms with Crippen molar-refractivity contribution in [2.24, 2.45) is 5.73 Å². The molecule has 1 rings (SSSR count). The van der Waals surface area contributed by atoms with Gasteiger partial charge in [0.05, 0.1) is 0 Å². The number of nitrogens with two attached hydrogens (primary N) is 1. The highest BCUT2D eigenvalue weighted by Crippen LogP contribution is 2.14. The van der Waals surface area contributed by atoms with E-state index in [1.54, 1.807) is 0 Å². The van der Waals surface area contributed by atoms with Gasteiger partial charge in [0.15, 0.2) is 0 Å².